The van der Waals surface area contributed by atoms with Crippen LogP contribution in [0.5, 0.6) is 0 Å². The van der Waals surface area contributed by atoms with E-state index in [-0.39, 0.29) is 11.8 Å². The quantitative estimate of drug-likeness (QED) is 0.849. The van der Waals surface area contributed by atoms with Crippen LogP contribution in [0.25, 0.3) is 0 Å². The minimum Gasteiger partial charge on any atom is -0.339 e. The molecule has 0 N–H and O–H groups in total. The second-order valence-electron chi connectivity index (χ2n) is 6.63. The molecule has 2 aliphatic heterocycles. The van der Waals surface area contributed by atoms with Crippen LogP contribution in [0.4, 0.5) is 5.69 Å². The van der Waals surface area contributed by atoms with Crippen molar-refractivity contribution in [1.29, 1.82) is 0 Å². The highest BCUT2D eigenvalue weighted by Crippen LogP contribution is 2.30. The van der Waals surface area contributed by atoms with Gasteiger partial charge in [0.05, 0.1) is 5.01 Å². The maximum Gasteiger partial charge on any atom is 0.253 e. The highest BCUT2D eigenvalue weighted by Gasteiger charge is 2.26. The summed E-state index contributed by atoms with van der Waals surface area (Å²) in [6.07, 6.45) is 5.33. The number of carbonyl (C=O) groups is 2. The van der Waals surface area contributed by atoms with Crippen LogP contribution in [-0.2, 0) is 4.79 Å². The fourth-order valence-electron chi connectivity index (χ4n) is 3.65. The number of nitrogens with zero attached hydrogens (tertiary/aromatic N) is 3. The Kier molecular flexibility index (Phi) is 4.53. The van der Waals surface area contributed by atoms with Gasteiger partial charge in [-0.2, -0.15) is 0 Å². The Hall–Kier alpha value is -2.21. The van der Waals surface area contributed by atoms with Crippen LogP contribution in [0, 0.1) is 0 Å². The van der Waals surface area contributed by atoms with E-state index in [9.17, 15) is 9.59 Å². The molecule has 0 aliphatic carbocycles. The second-order valence-corrected chi connectivity index (χ2v) is 7.56. The van der Waals surface area contributed by atoms with E-state index in [1.807, 2.05) is 40.7 Å². The third-order valence-corrected chi connectivity index (χ3v) is 6.02. The largest absolute Gasteiger partial charge is 0.339 e. The number of anilines is 1. The molecule has 0 unspecified atom stereocenters. The van der Waals surface area contributed by atoms with E-state index in [1.54, 1.807) is 16.2 Å². The summed E-state index contributed by atoms with van der Waals surface area (Å²) in [5, 5.41) is 3.20. The molecule has 25 heavy (non-hydrogen) atoms. The van der Waals surface area contributed by atoms with E-state index in [1.165, 1.54) is 5.01 Å². The normalized spacial score (nSPS) is 18.8. The third kappa shape index (κ3) is 3.31. The number of hydrogen-bond donors (Lipinski definition) is 0. The number of thiazole rings is 1. The zero-order chi connectivity index (χ0) is 17.2. The van der Waals surface area contributed by atoms with Gasteiger partial charge >= 0.3 is 0 Å². The SMILES string of the molecule is O=C(c1ccc(N2CCCC2=O)cc1)N1CCC(c2nccs2)CC1. The van der Waals surface area contributed by atoms with Crippen molar-refractivity contribution in [2.75, 3.05) is 24.5 Å². The maximum atomic E-state index is 12.7. The van der Waals surface area contributed by atoms with Crippen LogP contribution in [0.3, 0.4) is 0 Å². The number of piperidine rings is 1. The van der Waals surface area contributed by atoms with E-state index in [2.05, 4.69) is 4.98 Å². The Morgan fingerprint density at radius 3 is 2.48 bits per heavy atom. The molecule has 2 aromatic rings. The molecule has 1 aromatic carbocycles. The van der Waals surface area contributed by atoms with Gasteiger partial charge in [-0.15, -0.1) is 11.3 Å². The van der Waals surface area contributed by atoms with Crippen molar-refractivity contribution < 1.29 is 9.59 Å². The highest BCUT2D eigenvalue weighted by atomic mass is 32.1. The van der Waals surface area contributed by atoms with Gasteiger partial charge in [-0.3, -0.25) is 9.59 Å². The molecule has 130 valence electrons. The molecule has 2 fully saturated rings. The van der Waals surface area contributed by atoms with E-state index >= 15 is 0 Å². The van der Waals surface area contributed by atoms with Crippen molar-refractivity contribution in [3.63, 3.8) is 0 Å². The lowest BCUT2D eigenvalue weighted by atomic mass is 9.97. The average molecular weight is 355 g/mol. The molecular weight excluding hydrogens is 334 g/mol. The van der Waals surface area contributed by atoms with Gasteiger partial charge in [0.25, 0.3) is 5.91 Å². The molecular formula is C19H21N3O2S. The van der Waals surface area contributed by atoms with Gasteiger partial charge < -0.3 is 9.80 Å². The Labute approximate surface area is 151 Å². The molecule has 0 spiro atoms. The first kappa shape index (κ1) is 16.3. The Bertz CT molecular complexity index is 749. The maximum absolute atomic E-state index is 12.7. The van der Waals surface area contributed by atoms with Crippen molar-refractivity contribution in [3.05, 3.63) is 46.4 Å². The third-order valence-electron chi connectivity index (χ3n) is 5.08. The summed E-state index contributed by atoms with van der Waals surface area (Å²) in [7, 11) is 0. The molecule has 2 aliphatic rings. The number of amides is 2. The summed E-state index contributed by atoms with van der Waals surface area (Å²) in [5.74, 6) is 0.729. The van der Waals surface area contributed by atoms with Gasteiger partial charge in [0.2, 0.25) is 5.91 Å². The number of likely N-dealkylation sites (tertiary alicyclic amines) is 1. The van der Waals surface area contributed by atoms with Gasteiger partial charge in [0.15, 0.2) is 0 Å². The van der Waals surface area contributed by atoms with E-state index in [0.717, 1.165) is 44.6 Å². The van der Waals surface area contributed by atoms with Crippen molar-refractivity contribution in [3.8, 4) is 0 Å². The predicted molar refractivity (Wildman–Crippen MR) is 98.0 cm³/mol. The van der Waals surface area contributed by atoms with Crippen LogP contribution in [0.2, 0.25) is 0 Å². The number of aromatic nitrogens is 1. The smallest absolute Gasteiger partial charge is 0.253 e. The lowest BCUT2D eigenvalue weighted by Gasteiger charge is -2.31. The summed E-state index contributed by atoms with van der Waals surface area (Å²) >= 11 is 1.70. The molecule has 0 bridgehead atoms. The molecule has 2 saturated heterocycles. The Balaban J connectivity index is 1.39. The van der Waals surface area contributed by atoms with Crippen LogP contribution < -0.4 is 4.90 Å². The molecule has 0 radical (unpaired) electrons. The molecule has 0 saturated carbocycles. The monoisotopic (exact) mass is 355 g/mol. The molecule has 6 heteroatoms. The molecule has 0 atom stereocenters. The zero-order valence-electron chi connectivity index (χ0n) is 14.1. The summed E-state index contributed by atoms with van der Waals surface area (Å²) in [4.78, 5) is 32.7. The summed E-state index contributed by atoms with van der Waals surface area (Å²) in [6, 6.07) is 7.46. The Morgan fingerprint density at radius 2 is 1.88 bits per heavy atom. The molecule has 1 aromatic heterocycles. The van der Waals surface area contributed by atoms with Crippen molar-refractivity contribution in [2.24, 2.45) is 0 Å². The van der Waals surface area contributed by atoms with Gasteiger partial charge in [-0.1, -0.05) is 0 Å². The summed E-state index contributed by atoms with van der Waals surface area (Å²) < 4.78 is 0. The second kappa shape index (κ2) is 6.96. The summed E-state index contributed by atoms with van der Waals surface area (Å²) in [5.41, 5.74) is 1.59. The van der Waals surface area contributed by atoms with E-state index in [0.29, 0.717) is 17.9 Å². The van der Waals surface area contributed by atoms with Gasteiger partial charge in [0, 0.05) is 54.8 Å². The zero-order valence-corrected chi connectivity index (χ0v) is 14.9. The first-order chi connectivity index (χ1) is 12.2. The standard InChI is InChI=1S/C19H21N3O2S/c23-17-2-1-10-22(17)16-5-3-15(4-6-16)19(24)21-11-7-14(8-12-21)18-20-9-13-25-18/h3-6,9,13-14H,1-2,7-8,10-12H2. The number of carbonyl (C=O) groups excluding carboxylic acids is 2. The minimum atomic E-state index is 0.0805. The highest BCUT2D eigenvalue weighted by molar-refractivity contribution is 7.09. The van der Waals surface area contributed by atoms with Crippen LogP contribution >= 0.6 is 11.3 Å². The molecule has 4 rings (SSSR count). The average Bonchev–Trinajstić information content (AvgIpc) is 3.33. The topological polar surface area (TPSA) is 53.5 Å². The van der Waals surface area contributed by atoms with Crippen LogP contribution in [0.15, 0.2) is 35.8 Å². The fraction of sp³-hybridized carbons (Fsp3) is 0.421. The van der Waals surface area contributed by atoms with Gasteiger partial charge in [-0.25, -0.2) is 4.98 Å². The van der Waals surface area contributed by atoms with Gasteiger partial charge in [0.1, 0.15) is 0 Å². The first-order valence-electron chi connectivity index (χ1n) is 8.81. The number of hydrogen-bond acceptors (Lipinski definition) is 4. The number of rotatable bonds is 3. The van der Waals surface area contributed by atoms with E-state index in [4.69, 9.17) is 0 Å². The van der Waals surface area contributed by atoms with Crippen LogP contribution in [-0.4, -0.2) is 41.3 Å². The Morgan fingerprint density at radius 1 is 1.12 bits per heavy atom. The van der Waals surface area contributed by atoms with Crippen molar-refractivity contribution in [1.82, 2.24) is 9.88 Å². The molecule has 3 heterocycles. The lowest BCUT2D eigenvalue weighted by Crippen LogP contribution is -2.37. The van der Waals surface area contributed by atoms with E-state index < -0.39 is 0 Å². The van der Waals surface area contributed by atoms with Crippen LogP contribution in [0.1, 0.15) is 47.0 Å². The fourth-order valence-corrected chi connectivity index (χ4v) is 4.46. The van der Waals surface area contributed by atoms with Gasteiger partial charge in [-0.05, 0) is 43.5 Å². The van der Waals surface area contributed by atoms with Crippen molar-refractivity contribution >= 4 is 28.8 Å². The minimum absolute atomic E-state index is 0.0805. The predicted octanol–water partition coefficient (Wildman–Crippen LogP) is 3.29. The van der Waals surface area contributed by atoms with Crippen molar-refractivity contribution in [2.45, 2.75) is 31.6 Å². The lowest BCUT2D eigenvalue weighted by molar-refractivity contribution is -0.117. The summed E-state index contributed by atoms with van der Waals surface area (Å²) in [6.45, 7) is 2.32. The molecule has 5 nitrogen and oxygen atoms in total. The first-order valence-corrected chi connectivity index (χ1v) is 9.69. The number of benzene rings is 1. The molecule has 2 amide bonds.